The van der Waals surface area contributed by atoms with Crippen LogP contribution in [0, 0.1) is 0 Å². The second kappa shape index (κ2) is 5.18. The predicted octanol–water partition coefficient (Wildman–Crippen LogP) is -1.62. The molecule has 0 heterocycles. The highest BCUT2D eigenvalue weighted by atomic mass is 16.4. The minimum atomic E-state index is -1.44. The number of nitrogens with one attached hydrogen (secondary N) is 1. The van der Waals surface area contributed by atoms with Crippen LogP contribution in [0.1, 0.15) is 13.3 Å². The van der Waals surface area contributed by atoms with Gasteiger partial charge >= 0.3 is 11.9 Å². The molecule has 0 aromatic heterocycles. The molecule has 7 nitrogen and oxygen atoms in total. The first kappa shape index (κ1) is 12.4. The van der Waals surface area contributed by atoms with E-state index in [1.54, 1.807) is 0 Å². The lowest BCUT2D eigenvalue weighted by molar-refractivity contribution is -0.147. The Morgan fingerprint density at radius 1 is 1.36 bits per heavy atom. The monoisotopic (exact) mass is 204 g/mol. The molecule has 1 amide bonds. The molecule has 14 heavy (non-hydrogen) atoms. The number of carbonyl (C=O) groups excluding carboxylic acids is 1. The van der Waals surface area contributed by atoms with Crippen LogP contribution < -0.4 is 11.1 Å². The van der Waals surface area contributed by atoms with E-state index in [9.17, 15) is 14.4 Å². The number of carbonyl (C=O) groups is 3. The maximum Gasteiger partial charge on any atom is 0.326 e. The third-order valence-corrected chi connectivity index (χ3v) is 1.41. The molecule has 2 atom stereocenters. The molecule has 5 N–H and O–H groups in total. The van der Waals surface area contributed by atoms with Crippen LogP contribution >= 0.6 is 0 Å². The topological polar surface area (TPSA) is 130 Å². The smallest absolute Gasteiger partial charge is 0.326 e. The third-order valence-electron chi connectivity index (χ3n) is 1.41. The highest BCUT2D eigenvalue weighted by molar-refractivity contribution is 5.88. The Morgan fingerprint density at radius 2 is 1.86 bits per heavy atom. The molecule has 0 aromatic carbocycles. The van der Waals surface area contributed by atoms with Crippen molar-refractivity contribution in [3.63, 3.8) is 0 Å². The van der Waals surface area contributed by atoms with Crippen LogP contribution in [0.4, 0.5) is 0 Å². The van der Waals surface area contributed by atoms with Crippen LogP contribution in [-0.2, 0) is 14.4 Å². The van der Waals surface area contributed by atoms with Gasteiger partial charge in [0, 0.05) is 0 Å². The summed E-state index contributed by atoms with van der Waals surface area (Å²) in [4.78, 5) is 31.6. The first-order valence-electron chi connectivity index (χ1n) is 3.85. The number of carboxylic acid groups (broad SMARTS) is 2. The van der Waals surface area contributed by atoms with Gasteiger partial charge in [-0.25, -0.2) is 4.79 Å². The summed E-state index contributed by atoms with van der Waals surface area (Å²) in [6, 6.07) is -2.31. The number of aliphatic carboxylic acids is 2. The number of amides is 1. The Bertz CT molecular complexity index is 250. The van der Waals surface area contributed by atoms with Gasteiger partial charge in [0.05, 0.1) is 12.5 Å². The first-order chi connectivity index (χ1) is 6.34. The maximum absolute atomic E-state index is 10.9. The molecule has 0 aliphatic rings. The Labute approximate surface area is 79.9 Å². The van der Waals surface area contributed by atoms with E-state index in [0.29, 0.717) is 0 Å². The molecule has 0 spiro atoms. The Morgan fingerprint density at radius 3 is 2.14 bits per heavy atom. The van der Waals surface area contributed by atoms with Crippen molar-refractivity contribution in [2.45, 2.75) is 25.4 Å². The zero-order valence-electron chi connectivity index (χ0n) is 7.56. The first-order valence-corrected chi connectivity index (χ1v) is 3.85. The molecular weight excluding hydrogens is 192 g/mol. The second-order valence-corrected chi connectivity index (χ2v) is 2.79. The molecule has 0 saturated carbocycles. The normalized spacial score (nSPS) is 14.1. The van der Waals surface area contributed by atoms with Gasteiger partial charge in [0.15, 0.2) is 0 Å². The number of hydrogen-bond donors (Lipinski definition) is 4. The van der Waals surface area contributed by atoms with Crippen LogP contribution in [0.2, 0.25) is 0 Å². The van der Waals surface area contributed by atoms with E-state index in [1.807, 2.05) is 5.32 Å². The van der Waals surface area contributed by atoms with Gasteiger partial charge in [-0.1, -0.05) is 0 Å². The number of rotatable bonds is 5. The SMILES string of the molecule is C[C@H](N)C(=O)NC(CC(=O)O)C(=O)O. The molecule has 0 rings (SSSR count). The highest BCUT2D eigenvalue weighted by Gasteiger charge is 2.23. The van der Waals surface area contributed by atoms with Crippen molar-refractivity contribution in [2.75, 3.05) is 0 Å². The van der Waals surface area contributed by atoms with Crippen molar-refractivity contribution < 1.29 is 24.6 Å². The van der Waals surface area contributed by atoms with Crippen molar-refractivity contribution >= 4 is 17.8 Å². The van der Waals surface area contributed by atoms with Gasteiger partial charge in [-0.15, -0.1) is 0 Å². The molecule has 1 unspecified atom stereocenters. The Hall–Kier alpha value is -1.63. The molecule has 0 bridgehead atoms. The van der Waals surface area contributed by atoms with Crippen LogP contribution in [0.5, 0.6) is 0 Å². The number of nitrogens with two attached hydrogens (primary N) is 1. The van der Waals surface area contributed by atoms with Crippen molar-refractivity contribution in [1.82, 2.24) is 5.32 Å². The number of carboxylic acids is 2. The number of hydrogen-bond acceptors (Lipinski definition) is 4. The van der Waals surface area contributed by atoms with Crippen molar-refractivity contribution in [2.24, 2.45) is 5.73 Å². The summed E-state index contributed by atoms with van der Waals surface area (Å²) in [6.07, 6.45) is -0.673. The summed E-state index contributed by atoms with van der Waals surface area (Å²) in [5, 5.41) is 18.9. The van der Waals surface area contributed by atoms with Crippen LogP contribution in [0.15, 0.2) is 0 Å². The highest BCUT2D eigenvalue weighted by Crippen LogP contribution is 1.93. The quantitative estimate of drug-likeness (QED) is 0.425. The summed E-state index contributed by atoms with van der Waals surface area (Å²) in [5.74, 6) is -3.40. The van der Waals surface area contributed by atoms with Crippen molar-refractivity contribution in [3.8, 4) is 0 Å². The fourth-order valence-corrected chi connectivity index (χ4v) is 0.678. The van der Waals surface area contributed by atoms with Crippen molar-refractivity contribution in [1.29, 1.82) is 0 Å². The average Bonchev–Trinajstić information content (AvgIpc) is 2.01. The molecule has 0 saturated heterocycles. The van der Waals surface area contributed by atoms with Crippen LogP contribution in [0.25, 0.3) is 0 Å². The standard InChI is InChI=1S/C7H12N2O5/c1-3(8)6(12)9-4(7(13)14)2-5(10)11/h3-4H,2,8H2,1H3,(H,9,12)(H,10,11)(H,13,14)/t3-,4?/m0/s1. The molecule has 0 aliphatic carbocycles. The van der Waals surface area contributed by atoms with E-state index < -0.39 is 36.4 Å². The summed E-state index contributed by atoms with van der Waals surface area (Å²) >= 11 is 0. The van der Waals surface area contributed by atoms with Gasteiger partial charge in [-0.05, 0) is 6.92 Å². The molecular formula is C7H12N2O5. The van der Waals surface area contributed by atoms with Gasteiger partial charge in [0.2, 0.25) is 5.91 Å². The lowest BCUT2D eigenvalue weighted by Crippen LogP contribution is -2.48. The molecule has 0 aromatic rings. The zero-order valence-corrected chi connectivity index (χ0v) is 7.56. The maximum atomic E-state index is 10.9. The second-order valence-electron chi connectivity index (χ2n) is 2.79. The van der Waals surface area contributed by atoms with E-state index >= 15 is 0 Å². The molecule has 0 radical (unpaired) electrons. The minimum absolute atomic E-state index is 0.673. The van der Waals surface area contributed by atoms with E-state index in [0.717, 1.165) is 0 Å². The predicted molar refractivity (Wildman–Crippen MR) is 45.5 cm³/mol. The fourth-order valence-electron chi connectivity index (χ4n) is 0.678. The van der Waals surface area contributed by atoms with E-state index in [1.165, 1.54) is 6.92 Å². The van der Waals surface area contributed by atoms with E-state index in [4.69, 9.17) is 15.9 Å². The Kier molecular flexibility index (Phi) is 4.57. The van der Waals surface area contributed by atoms with Gasteiger partial charge in [-0.2, -0.15) is 0 Å². The molecule has 0 aliphatic heterocycles. The largest absolute Gasteiger partial charge is 0.481 e. The fraction of sp³-hybridized carbons (Fsp3) is 0.571. The van der Waals surface area contributed by atoms with E-state index in [2.05, 4.69) is 0 Å². The summed E-state index contributed by atoms with van der Waals surface area (Å²) in [7, 11) is 0. The van der Waals surface area contributed by atoms with Crippen LogP contribution in [-0.4, -0.2) is 40.1 Å². The lowest BCUT2D eigenvalue weighted by atomic mass is 10.2. The van der Waals surface area contributed by atoms with Gasteiger partial charge < -0.3 is 21.3 Å². The van der Waals surface area contributed by atoms with Gasteiger partial charge in [-0.3, -0.25) is 9.59 Å². The van der Waals surface area contributed by atoms with Crippen LogP contribution in [0.3, 0.4) is 0 Å². The molecule has 80 valence electrons. The molecule has 7 heteroatoms. The van der Waals surface area contributed by atoms with E-state index in [-0.39, 0.29) is 0 Å². The minimum Gasteiger partial charge on any atom is -0.481 e. The van der Waals surface area contributed by atoms with Crippen molar-refractivity contribution in [3.05, 3.63) is 0 Å². The summed E-state index contributed by atoms with van der Waals surface area (Å²) in [5.41, 5.74) is 5.16. The van der Waals surface area contributed by atoms with Gasteiger partial charge in [0.25, 0.3) is 0 Å². The lowest BCUT2D eigenvalue weighted by Gasteiger charge is -2.13. The average molecular weight is 204 g/mol. The summed E-state index contributed by atoms with van der Waals surface area (Å²) < 4.78 is 0. The zero-order chi connectivity index (χ0) is 11.3. The molecule has 0 fully saturated rings. The van der Waals surface area contributed by atoms with Gasteiger partial charge in [0.1, 0.15) is 6.04 Å². The summed E-state index contributed by atoms with van der Waals surface area (Å²) in [6.45, 7) is 1.37. The third kappa shape index (κ3) is 4.41. The Balaban J connectivity index is 4.31.